The second-order valence-corrected chi connectivity index (χ2v) is 8.69. The zero-order valence-electron chi connectivity index (χ0n) is 14.7. The smallest absolute Gasteiger partial charge is 0.254 e. The van der Waals surface area contributed by atoms with E-state index in [0.717, 1.165) is 19.3 Å². The lowest BCUT2D eigenvalue weighted by atomic mass is 9.68. The second-order valence-electron chi connectivity index (χ2n) is 7.50. The van der Waals surface area contributed by atoms with Gasteiger partial charge in [-0.05, 0) is 49.1 Å². The van der Waals surface area contributed by atoms with Crippen LogP contribution < -0.4 is 0 Å². The van der Waals surface area contributed by atoms with Crippen LogP contribution in [0.5, 0.6) is 0 Å². The summed E-state index contributed by atoms with van der Waals surface area (Å²) in [5.41, 5.74) is 1.87. The number of carbonyl (C=O) groups excluding carboxylic acids is 1. The Hall–Kier alpha value is -1.51. The molecule has 0 radical (unpaired) electrons. The average Bonchev–Trinajstić information content (AvgIpc) is 2.67. The number of alkyl halides is 1. The van der Waals surface area contributed by atoms with Crippen molar-refractivity contribution in [3.8, 4) is 0 Å². The Labute approximate surface area is 165 Å². The molecule has 1 amide bonds. The van der Waals surface area contributed by atoms with Gasteiger partial charge in [0.1, 0.15) is 0 Å². The monoisotopic (exact) mass is 387 g/mol. The minimum atomic E-state index is -0.185. The molecule has 2 aromatic rings. The Balaban J connectivity index is 1.72. The maximum Gasteiger partial charge on any atom is 0.254 e. The summed E-state index contributed by atoms with van der Waals surface area (Å²) < 4.78 is 0. The Morgan fingerprint density at radius 1 is 1.00 bits per heavy atom. The third-order valence-electron chi connectivity index (χ3n) is 6.00. The number of hydrogen-bond donors (Lipinski definition) is 0. The topological polar surface area (TPSA) is 20.3 Å². The highest BCUT2D eigenvalue weighted by Crippen LogP contribution is 2.52. The molecule has 26 heavy (non-hydrogen) atoms. The third kappa shape index (κ3) is 3.25. The van der Waals surface area contributed by atoms with E-state index >= 15 is 0 Å². The average molecular weight is 388 g/mol. The predicted octanol–water partition coefficient (Wildman–Crippen LogP) is 6.10. The Kier molecular flexibility index (Phi) is 4.98. The lowest BCUT2D eigenvalue weighted by Crippen LogP contribution is -2.53. The summed E-state index contributed by atoms with van der Waals surface area (Å²) in [7, 11) is 0. The van der Waals surface area contributed by atoms with Crippen molar-refractivity contribution < 1.29 is 4.79 Å². The standard InChI is InChI=1S/C22H23Cl2NO/c23-18-11-9-17(10-12-18)21(26)25-15-14-22(24)13-5-4-8-19(22)20(25)16-6-2-1-3-7-16/h1-3,6-7,9-12,19-20H,4-5,8,13-15H2. The van der Waals surface area contributed by atoms with Gasteiger partial charge in [-0.15, -0.1) is 11.6 Å². The first kappa shape index (κ1) is 17.9. The van der Waals surface area contributed by atoms with E-state index in [-0.39, 0.29) is 16.8 Å². The number of rotatable bonds is 2. The molecule has 4 rings (SSSR count). The number of likely N-dealkylation sites (tertiary alicyclic amines) is 1. The quantitative estimate of drug-likeness (QED) is 0.570. The van der Waals surface area contributed by atoms with Gasteiger partial charge in [-0.25, -0.2) is 0 Å². The van der Waals surface area contributed by atoms with E-state index in [1.165, 1.54) is 18.4 Å². The van der Waals surface area contributed by atoms with E-state index < -0.39 is 0 Å². The minimum absolute atomic E-state index is 0.0333. The SMILES string of the molecule is O=C(c1ccc(Cl)cc1)N1CCC2(Cl)CCCCC2C1c1ccccc1. The molecule has 2 nitrogen and oxygen atoms in total. The van der Waals surface area contributed by atoms with Gasteiger partial charge in [0, 0.05) is 23.0 Å². The number of halogens is 2. The van der Waals surface area contributed by atoms with Crippen molar-refractivity contribution in [1.29, 1.82) is 0 Å². The van der Waals surface area contributed by atoms with Crippen molar-refractivity contribution in [2.75, 3.05) is 6.54 Å². The van der Waals surface area contributed by atoms with Gasteiger partial charge in [0.2, 0.25) is 0 Å². The van der Waals surface area contributed by atoms with Crippen LogP contribution in [0.3, 0.4) is 0 Å². The van der Waals surface area contributed by atoms with Gasteiger partial charge in [0.05, 0.1) is 10.9 Å². The predicted molar refractivity (Wildman–Crippen MR) is 107 cm³/mol. The van der Waals surface area contributed by atoms with Crippen LogP contribution >= 0.6 is 23.2 Å². The van der Waals surface area contributed by atoms with Gasteiger partial charge in [0.25, 0.3) is 5.91 Å². The molecule has 3 atom stereocenters. The fourth-order valence-electron chi connectivity index (χ4n) is 4.69. The van der Waals surface area contributed by atoms with Crippen molar-refractivity contribution in [2.24, 2.45) is 5.92 Å². The lowest BCUT2D eigenvalue weighted by Gasteiger charge is -2.52. The maximum absolute atomic E-state index is 13.3. The van der Waals surface area contributed by atoms with Crippen LogP contribution in [0.2, 0.25) is 5.02 Å². The molecule has 2 fully saturated rings. The minimum Gasteiger partial charge on any atom is -0.331 e. The number of benzene rings is 2. The number of nitrogens with zero attached hydrogens (tertiary/aromatic N) is 1. The van der Waals surface area contributed by atoms with Crippen LogP contribution in [-0.2, 0) is 0 Å². The van der Waals surface area contributed by atoms with Crippen LogP contribution in [0.15, 0.2) is 54.6 Å². The first-order valence-corrected chi connectivity index (χ1v) is 10.1. The van der Waals surface area contributed by atoms with E-state index in [0.29, 0.717) is 23.0 Å². The largest absolute Gasteiger partial charge is 0.331 e. The lowest BCUT2D eigenvalue weighted by molar-refractivity contribution is 0.0279. The first-order chi connectivity index (χ1) is 12.6. The molecular weight excluding hydrogens is 365 g/mol. The highest BCUT2D eigenvalue weighted by Gasteiger charge is 2.50. The van der Waals surface area contributed by atoms with Crippen molar-refractivity contribution in [2.45, 2.75) is 43.0 Å². The molecular formula is C22H23Cl2NO. The fraction of sp³-hybridized carbons (Fsp3) is 0.409. The van der Waals surface area contributed by atoms with Gasteiger partial charge in [-0.3, -0.25) is 4.79 Å². The summed E-state index contributed by atoms with van der Waals surface area (Å²) >= 11 is 13.1. The summed E-state index contributed by atoms with van der Waals surface area (Å²) in [6.45, 7) is 0.695. The van der Waals surface area contributed by atoms with Crippen LogP contribution in [0.1, 0.15) is 54.1 Å². The zero-order chi connectivity index (χ0) is 18.1. The van der Waals surface area contributed by atoms with Gasteiger partial charge in [0.15, 0.2) is 0 Å². The third-order valence-corrected chi connectivity index (χ3v) is 6.91. The van der Waals surface area contributed by atoms with E-state index in [4.69, 9.17) is 23.2 Å². The Morgan fingerprint density at radius 3 is 2.46 bits per heavy atom. The Bertz CT molecular complexity index is 776. The molecule has 136 valence electrons. The van der Waals surface area contributed by atoms with Gasteiger partial charge in [-0.1, -0.05) is 54.8 Å². The number of fused-ring (bicyclic) bond motifs is 1. The van der Waals surface area contributed by atoms with Crippen LogP contribution in [0.4, 0.5) is 0 Å². The van der Waals surface area contributed by atoms with Gasteiger partial charge >= 0.3 is 0 Å². The van der Waals surface area contributed by atoms with Gasteiger partial charge < -0.3 is 4.90 Å². The molecule has 0 aromatic heterocycles. The summed E-state index contributed by atoms with van der Waals surface area (Å²) in [4.78, 5) is 15.2. The molecule has 0 spiro atoms. The summed E-state index contributed by atoms with van der Waals surface area (Å²) in [5, 5.41) is 0.645. The second kappa shape index (κ2) is 7.25. The summed E-state index contributed by atoms with van der Waals surface area (Å²) in [5.74, 6) is 0.366. The summed E-state index contributed by atoms with van der Waals surface area (Å²) in [6, 6.07) is 17.6. The van der Waals surface area contributed by atoms with Gasteiger partial charge in [-0.2, -0.15) is 0 Å². The van der Waals surface area contributed by atoms with E-state index in [9.17, 15) is 4.79 Å². The number of hydrogen-bond acceptors (Lipinski definition) is 1. The molecule has 4 heteroatoms. The number of amides is 1. The summed E-state index contributed by atoms with van der Waals surface area (Å²) in [6.07, 6.45) is 5.36. The van der Waals surface area contributed by atoms with Crippen molar-refractivity contribution >= 4 is 29.1 Å². The van der Waals surface area contributed by atoms with Crippen LogP contribution in [0.25, 0.3) is 0 Å². The number of carbonyl (C=O) groups is 1. The van der Waals surface area contributed by atoms with Crippen molar-refractivity contribution in [3.63, 3.8) is 0 Å². The molecule has 1 heterocycles. The van der Waals surface area contributed by atoms with E-state index in [1.807, 2.05) is 35.2 Å². The fourth-order valence-corrected chi connectivity index (χ4v) is 5.26. The Morgan fingerprint density at radius 2 is 1.73 bits per heavy atom. The molecule has 0 bridgehead atoms. The molecule has 1 aliphatic heterocycles. The van der Waals surface area contributed by atoms with Crippen molar-refractivity contribution in [1.82, 2.24) is 4.90 Å². The number of piperidine rings is 1. The molecule has 2 aromatic carbocycles. The molecule has 1 aliphatic carbocycles. The highest BCUT2D eigenvalue weighted by atomic mass is 35.5. The van der Waals surface area contributed by atoms with E-state index in [1.54, 1.807) is 12.1 Å². The normalized spacial score (nSPS) is 28.5. The maximum atomic E-state index is 13.3. The highest BCUT2D eigenvalue weighted by molar-refractivity contribution is 6.30. The molecule has 1 saturated heterocycles. The molecule has 1 saturated carbocycles. The van der Waals surface area contributed by atoms with E-state index in [2.05, 4.69) is 12.1 Å². The molecule has 0 N–H and O–H groups in total. The van der Waals surface area contributed by atoms with Crippen molar-refractivity contribution in [3.05, 3.63) is 70.7 Å². The molecule has 3 unspecified atom stereocenters. The molecule has 2 aliphatic rings. The zero-order valence-corrected chi connectivity index (χ0v) is 16.2. The van der Waals surface area contributed by atoms with Crippen LogP contribution in [-0.4, -0.2) is 22.2 Å². The first-order valence-electron chi connectivity index (χ1n) is 9.39. The van der Waals surface area contributed by atoms with Crippen LogP contribution in [0, 0.1) is 5.92 Å².